The molecule has 2 bridgehead atoms. The molecule has 1 saturated heterocycles. The number of carboxylic acid groups (broad SMARTS) is 1. The van der Waals surface area contributed by atoms with E-state index < -0.39 is 0 Å². The lowest BCUT2D eigenvalue weighted by Crippen LogP contribution is -2.44. The molecular formula is C20H23N5O2S. The third kappa shape index (κ3) is 3.05. The maximum atomic E-state index is 9.75. The van der Waals surface area contributed by atoms with Crippen molar-refractivity contribution in [1.29, 1.82) is 5.26 Å². The number of aromatic nitrogens is 2. The lowest BCUT2D eigenvalue weighted by molar-refractivity contribution is -0.122. The smallest absolute Gasteiger partial charge is 0.290 e. The zero-order valence-corrected chi connectivity index (χ0v) is 16.4. The Hall–Kier alpha value is -2.50. The van der Waals surface area contributed by atoms with Crippen LogP contribution in [0.1, 0.15) is 61.4 Å². The van der Waals surface area contributed by atoms with Gasteiger partial charge in [-0.2, -0.15) is 5.26 Å². The zero-order chi connectivity index (χ0) is 19.7. The SMILES string of the molecule is N#Cc1c(N)nc2c(c1-c1cncs1)[C@H]1CC[C@@H](C2)N1C1CCCC1.O=CO. The molecule has 146 valence electrons. The van der Waals surface area contributed by atoms with Gasteiger partial charge in [0, 0.05) is 47.6 Å². The normalized spacial score (nSPS) is 23.5. The summed E-state index contributed by atoms with van der Waals surface area (Å²) >= 11 is 1.58. The van der Waals surface area contributed by atoms with Crippen LogP contribution >= 0.6 is 11.3 Å². The number of nitrogens with zero attached hydrogens (tertiary/aromatic N) is 4. The molecule has 2 fully saturated rings. The number of fused-ring (bicyclic) bond motifs is 4. The summed E-state index contributed by atoms with van der Waals surface area (Å²) in [5, 5.41) is 16.6. The topological polar surface area (TPSA) is 116 Å². The highest BCUT2D eigenvalue weighted by atomic mass is 32.1. The largest absolute Gasteiger partial charge is 0.483 e. The average molecular weight is 398 g/mol. The molecule has 2 aromatic heterocycles. The molecule has 1 aliphatic carbocycles. The third-order valence-corrected chi connectivity index (χ3v) is 6.99. The Kier molecular flexibility index (Phi) is 5.29. The van der Waals surface area contributed by atoms with E-state index in [1.54, 1.807) is 11.3 Å². The van der Waals surface area contributed by atoms with Crippen molar-refractivity contribution in [2.45, 2.75) is 63.1 Å². The Morgan fingerprint density at radius 2 is 2.04 bits per heavy atom. The standard InChI is InChI=1S/C19H21N5S.CH2O2/c20-8-13-17(16-9-22-10-25-16)18-14(23-19(13)21)7-12-5-6-15(18)24(12)11-3-1-2-4-11;2-1-3/h9-12,15H,1-7H2,(H2,21,23);1H,(H,2,3)/t12-,15+;/m0./s1. The molecule has 0 radical (unpaired) electrons. The molecule has 2 aromatic rings. The average Bonchev–Trinajstić information content (AvgIpc) is 3.42. The van der Waals surface area contributed by atoms with E-state index in [1.165, 1.54) is 37.7 Å². The Balaban J connectivity index is 0.000000604. The minimum atomic E-state index is -0.250. The molecule has 7 nitrogen and oxygen atoms in total. The van der Waals surface area contributed by atoms with Gasteiger partial charge in [0.2, 0.25) is 0 Å². The van der Waals surface area contributed by atoms with Gasteiger partial charge in [-0.05, 0) is 25.7 Å². The van der Waals surface area contributed by atoms with Crippen molar-refractivity contribution in [2.24, 2.45) is 0 Å². The van der Waals surface area contributed by atoms with Gasteiger partial charge in [-0.1, -0.05) is 12.8 Å². The lowest BCUT2D eigenvalue weighted by atomic mass is 9.88. The van der Waals surface area contributed by atoms with Gasteiger partial charge < -0.3 is 10.8 Å². The summed E-state index contributed by atoms with van der Waals surface area (Å²) in [7, 11) is 0. The van der Waals surface area contributed by atoms with E-state index in [0.717, 1.165) is 29.0 Å². The van der Waals surface area contributed by atoms with Crippen molar-refractivity contribution < 1.29 is 9.90 Å². The number of nitrogens with two attached hydrogens (primary N) is 1. The summed E-state index contributed by atoms with van der Waals surface area (Å²) < 4.78 is 0. The van der Waals surface area contributed by atoms with Crippen molar-refractivity contribution in [3.05, 3.63) is 28.5 Å². The Labute approximate surface area is 167 Å². The first-order chi connectivity index (χ1) is 13.7. The molecule has 1 saturated carbocycles. The molecular weight excluding hydrogens is 374 g/mol. The number of thiazole rings is 1. The van der Waals surface area contributed by atoms with Gasteiger partial charge in [0.15, 0.2) is 0 Å². The van der Waals surface area contributed by atoms with Crippen LogP contribution in [0.3, 0.4) is 0 Å². The van der Waals surface area contributed by atoms with Crippen molar-refractivity contribution in [1.82, 2.24) is 14.9 Å². The van der Waals surface area contributed by atoms with Gasteiger partial charge in [0.05, 0.1) is 10.4 Å². The van der Waals surface area contributed by atoms with Gasteiger partial charge in [0.1, 0.15) is 17.5 Å². The van der Waals surface area contributed by atoms with E-state index in [0.29, 0.717) is 29.5 Å². The number of anilines is 1. The second kappa shape index (κ2) is 7.86. The Morgan fingerprint density at radius 1 is 1.29 bits per heavy atom. The molecule has 2 aliphatic heterocycles. The molecule has 0 unspecified atom stereocenters. The summed E-state index contributed by atoms with van der Waals surface area (Å²) in [6, 6.07) is 3.99. The van der Waals surface area contributed by atoms with Crippen LogP contribution < -0.4 is 5.73 Å². The molecule has 5 rings (SSSR count). The van der Waals surface area contributed by atoms with Crippen molar-refractivity contribution in [3.8, 4) is 16.5 Å². The second-order valence-corrected chi connectivity index (χ2v) is 8.41. The summed E-state index contributed by atoms with van der Waals surface area (Å²) in [5.74, 6) is 0.373. The molecule has 0 amide bonds. The van der Waals surface area contributed by atoms with E-state index in [9.17, 15) is 5.26 Å². The van der Waals surface area contributed by atoms with Crippen LogP contribution in [0.5, 0.6) is 0 Å². The first-order valence-electron chi connectivity index (χ1n) is 9.66. The van der Waals surface area contributed by atoms with Gasteiger partial charge in [-0.3, -0.25) is 14.7 Å². The van der Waals surface area contributed by atoms with Crippen LogP contribution in [0.25, 0.3) is 10.4 Å². The van der Waals surface area contributed by atoms with E-state index in [4.69, 9.17) is 15.6 Å². The third-order valence-electron chi connectivity index (χ3n) is 6.20. The number of nitrogen functional groups attached to an aromatic ring is 1. The molecule has 3 aliphatic rings. The molecule has 8 heteroatoms. The molecule has 28 heavy (non-hydrogen) atoms. The van der Waals surface area contributed by atoms with Crippen LogP contribution in [0.15, 0.2) is 11.7 Å². The minimum Gasteiger partial charge on any atom is -0.483 e. The van der Waals surface area contributed by atoms with Crippen LogP contribution in [0.4, 0.5) is 5.82 Å². The summed E-state index contributed by atoms with van der Waals surface area (Å²) in [4.78, 5) is 21.1. The maximum Gasteiger partial charge on any atom is 0.290 e. The predicted octanol–water partition coefficient (Wildman–Crippen LogP) is 3.36. The van der Waals surface area contributed by atoms with Crippen LogP contribution in [0.2, 0.25) is 0 Å². The number of rotatable bonds is 2. The van der Waals surface area contributed by atoms with Crippen molar-refractivity contribution in [2.75, 3.05) is 5.73 Å². The fourth-order valence-electron chi connectivity index (χ4n) is 5.27. The van der Waals surface area contributed by atoms with Crippen LogP contribution in [-0.4, -0.2) is 38.5 Å². The van der Waals surface area contributed by atoms with E-state index >= 15 is 0 Å². The summed E-state index contributed by atoms with van der Waals surface area (Å²) in [5.41, 5.74) is 11.9. The van der Waals surface area contributed by atoms with Crippen molar-refractivity contribution >= 4 is 23.6 Å². The lowest BCUT2D eigenvalue weighted by Gasteiger charge is -2.41. The monoisotopic (exact) mass is 397 g/mol. The van der Waals surface area contributed by atoms with Crippen molar-refractivity contribution in [3.63, 3.8) is 0 Å². The maximum absolute atomic E-state index is 9.75. The summed E-state index contributed by atoms with van der Waals surface area (Å²) in [6.45, 7) is -0.250. The Morgan fingerprint density at radius 3 is 2.68 bits per heavy atom. The van der Waals surface area contributed by atoms with E-state index in [2.05, 4.69) is 20.9 Å². The number of hydrogen-bond donors (Lipinski definition) is 2. The fourth-order valence-corrected chi connectivity index (χ4v) is 5.96. The van der Waals surface area contributed by atoms with Gasteiger partial charge in [-0.15, -0.1) is 11.3 Å². The number of pyridine rings is 1. The minimum absolute atomic E-state index is 0.250. The number of nitriles is 1. The highest BCUT2D eigenvalue weighted by Gasteiger charge is 2.46. The predicted molar refractivity (Wildman–Crippen MR) is 107 cm³/mol. The number of hydrogen-bond acceptors (Lipinski definition) is 7. The molecule has 2 atom stereocenters. The van der Waals surface area contributed by atoms with Gasteiger partial charge in [-0.25, -0.2) is 4.98 Å². The first kappa shape index (κ1) is 18.8. The highest BCUT2D eigenvalue weighted by molar-refractivity contribution is 7.13. The molecule has 3 N–H and O–H groups in total. The molecule has 4 heterocycles. The Bertz CT molecular complexity index is 902. The fraction of sp³-hybridized carbons (Fsp3) is 0.500. The van der Waals surface area contributed by atoms with Crippen LogP contribution in [-0.2, 0) is 11.2 Å². The van der Waals surface area contributed by atoms with Gasteiger partial charge >= 0.3 is 0 Å². The quantitative estimate of drug-likeness (QED) is 0.746. The zero-order valence-electron chi connectivity index (χ0n) is 15.5. The molecule has 0 spiro atoms. The van der Waals surface area contributed by atoms with Gasteiger partial charge in [0.25, 0.3) is 6.47 Å². The molecule has 0 aromatic carbocycles. The first-order valence-corrected chi connectivity index (χ1v) is 10.5. The van der Waals surface area contributed by atoms with E-state index in [-0.39, 0.29) is 6.47 Å². The highest BCUT2D eigenvalue weighted by Crippen LogP contribution is 2.51. The second-order valence-electron chi connectivity index (χ2n) is 7.53. The summed E-state index contributed by atoms with van der Waals surface area (Å²) in [6.07, 6.45) is 10.5. The van der Waals surface area contributed by atoms with E-state index in [1.807, 2.05) is 11.7 Å². The van der Waals surface area contributed by atoms with Crippen LogP contribution in [0, 0.1) is 11.3 Å². The number of carbonyl (C=O) groups is 1.